The predicted octanol–water partition coefficient (Wildman–Crippen LogP) is 4.71. The Kier molecular flexibility index (Phi) is 8.44. The number of aryl methyl sites for hydroxylation is 1. The van der Waals surface area contributed by atoms with E-state index < -0.39 is 20.0 Å². The molecule has 1 fully saturated rings. The van der Waals surface area contributed by atoms with Crippen LogP contribution in [0.4, 0.5) is 5.69 Å². The first kappa shape index (κ1) is 32.5. The summed E-state index contributed by atoms with van der Waals surface area (Å²) in [5.74, 6) is -0.488. The highest BCUT2D eigenvalue weighted by Crippen LogP contribution is 2.60. The molecule has 11 nitrogen and oxygen atoms in total. The second-order valence-electron chi connectivity index (χ2n) is 13.3. The van der Waals surface area contributed by atoms with Crippen molar-refractivity contribution < 1.29 is 19.4 Å². The Morgan fingerprint density at radius 2 is 1.88 bits per heavy atom. The van der Waals surface area contributed by atoms with Crippen molar-refractivity contribution in [2.24, 2.45) is 5.92 Å². The number of carbonyl (C=O) groups excluding carboxylic acids is 1. The van der Waals surface area contributed by atoms with Crippen molar-refractivity contribution in [3.8, 4) is 5.69 Å². The van der Waals surface area contributed by atoms with Crippen LogP contribution < -0.4 is 10.5 Å². The van der Waals surface area contributed by atoms with E-state index >= 15 is 0 Å². The van der Waals surface area contributed by atoms with Crippen LogP contribution in [0.15, 0.2) is 88.4 Å². The Balaban J connectivity index is 1.22. The lowest BCUT2D eigenvalue weighted by molar-refractivity contribution is -0.146. The van der Waals surface area contributed by atoms with Crippen LogP contribution >= 0.6 is 15.9 Å². The number of carbonyl (C=O) groups is 1. The Hall–Kier alpha value is -4.01. The van der Waals surface area contributed by atoms with Crippen molar-refractivity contribution in [3.05, 3.63) is 111 Å². The van der Waals surface area contributed by atoms with Crippen molar-refractivity contribution in [2.75, 3.05) is 11.5 Å². The third-order valence-electron chi connectivity index (χ3n) is 9.73. The molecule has 0 aliphatic carbocycles. The SMILES string of the molecule is C[C@@H]1[C@@H]([Si](C)(C)O)[C@H](CCn2cc(CCO)nn2)O[C@@]12C(=O)N(Cc1cccc(-n3ncc4ccccc4c3=O)c1)c1ccc(Br)cc12. The Morgan fingerprint density at radius 1 is 1.06 bits per heavy atom. The molecule has 4 atom stereocenters. The molecule has 2 aliphatic rings. The molecule has 1 spiro atoms. The Bertz CT molecular complexity index is 2080. The zero-order chi connectivity index (χ0) is 33.8. The van der Waals surface area contributed by atoms with Crippen LogP contribution in [0.1, 0.15) is 30.2 Å². The molecule has 0 unspecified atom stereocenters. The molecule has 4 heterocycles. The van der Waals surface area contributed by atoms with Gasteiger partial charge in [-0.2, -0.15) is 9.78 Å². The monoisotopic (exact) mass is 728 g/mol. The number of aliphatic hydroxyl groups excluding tert-OH is 1. The number of halogens is 1. The lowest BCUT2D eigenvalue weighted by Gasteiger charge is -2.32. The van der Waals surface area contributed by atoms with Gasteiger partial charge in [0.15, 0.2) is 13.9 Å². The van der Waals surface area contributed by atoms with Crippen LogP contribution in [-0.4, -0.2) is 61.6 Å². The fraction of sp³-hybridized carbons (Fsp3) is 0.343. The maximum Gasteiger partial charge on any atom is 0.279 e. The van der Waals surface area contributed by atoms with E-state index in [2.05, 4.69) is 31.3 Å². The molecular weight excluding hydrogens is 692 g/mol. The topological polar surface area (TPSA) is 136 Å². The van der Waals surface area contributed by atoms with E-state index in [1.165, 1.54) is 4.68 Å². The molecule has 5 aromatic rings. The standard InChI is InChI=1S/C35H37BrN6O5Si/c1-22-32(48(2,3)46)31(13-15-40-21-26(14-16-43)38-39-40)47-35(22)29-18-25(36)11-12-30(29)41(34(35)45)20-23-7-6-9-27(17-23)42-33(44)28-10-5-4-8-24(28)19-37-42/h4-12,17-19,21-22,31-32,43,46H,13-16,20H2,1-3H3/t22-,31+,32-,35+/m1/s1. The first-order valence-corrected chi connectivity index (χ1v) is 19.9. The molecule has 13 heteroatoms. The normalized spacial score (nSPS) is 22.2. The van der Waals surface area contributed by atoms with E-state index in [4.69, 9.17) is 4.74 Å². The molecule has 0 bridgehead atoms. The summed E-state index contributed by atoms with van der Waals surface area (Å²) < 4.78 is 10.9. The van der Waals surface area contributed by atoms with Crippen LogP contribution in [0.3, 0.4) is 0 Å². The molecular formula is C35H37BrN6O5Si. The van der Waals surface area contributed by atoms with Gasteiger partial charge in [-0.25, -0.2) is 0 Å². The molecule has 0 radical (unpaired) electrons. The van der Waals surface area contributed by atoms with Crippen LogP contribution in [0.2, 0.25) is 18.6 Å². The highest BCUT2D eigenvalue weighted by atomic mass is 79.9. The number of hydrogen-bond donors (Lipinski definition) is 2. The minimum Gasteiger partial charge on any atom is -0.432 e. The minimum atomic E-state index is -2.85. The van der Waals surface area contributed by atoms with Gasteiger partial charge in [0.2, 0.25) is 0 Å². The maximum atomic E-state index is 14.8. The van der Waals surface area contributed by atoms with Crippen molar-refractivity contribution in [2.45, 2.75) is 63.2 Å². The van der Waals surface area contributed by atoms with Gasteiger partial charge in [-0.05, 0) is 61.5 Å². The van der Waals surface area contributed by atoms with Gasteiger partial charge in [-0.3, -0.25) is 14.3 Å². The van der Waals surface area contributed by atoms with Gasteiger partial charge in [0.05, 0.1) is 41.3 Å². The van der Waals surface area contributed by atoms with E-state index in [1.807, 2.05) is 86.9 Å². The molecule has 248 valence electrons. The third kappa shape index (κ3) is 5.53. The van der Waals surface area contributed by atoms with E-state index in [1.54, 1.807) is 21.8 Å². The fourth-order valence-electron chi connectivity index (χ4n) is 7.66. The van der Waals surface area contributed by atoms with Crippen LogP contribution in [0.25, 0.3) is 16.5 Å². The fourth-order valence-corrected chi connectivity index (χ4v) is 10.6. The number of hydrogen-bond acceptors (Lipinski definition) is 8. The average molecular weight is 730 g/mol. The van der Waals surface area contributed by atoms with Gasteiger partial charge < -0.3 is 19.5 Å². The van der Waals surface area contributed by atoms with Crippen molar-refractivity contribution >= 4 is 46.6 Å². The molecule has 3 aromatic carbocycles. The van der Waals surface area contributed by atoms with Gasteiger partial charge in [0.25, 0.3) is 11.5 Å². The predicted molar refractivity (Wildman–Crippen MR) is 187 cm³/mol. The molecule has 0 saturated carbocycles. The summed E-state index contributed by atoms with van der Waals surface area (Å²) in [6, 6.07) is 20.7. The summed E-state index contributed by atoms with van der Waals surface area (Å²) in [5, 5.41) is 23.4. The number of aromatic nitrogens is 5. The van der Waals surface area contributed by atoms with Crippen molar-refractivity contribution in [1.82, 2.24) is 24.8 Å². The summed E-state index contributed by atoms with van der Waals surface area (Å²) in [4.78, 5) is 41.6. The molecule has 2 N–H and O–H groups in total. The van der Waals surface area contributed by atoms with Gasteiger partial charge in [-0.15, -0.1) is 5.10 Å². The van der Waals surface area contributed by atoms with E-state index in [-0.39, 0.29) is 36.1 Å². The van der Waals surface area contributed by atoms with Crippen LogP contribution in [0.5, 0.6) is 0 Å². The van der Waals surface area contributed by atoms with E-state index in [9.17, 15) is 19.5 Å². The highest BCUT2D eigenvalue weighted by Gasteiger charge is 2.66. The Labute approximate surface area is 287 Å². The quantitative estimate of drug-likeness (QED) is 0.209. The zero-order valence-corrected chi connectivity index (χ0v) is 29.5. The summed E-state index contributed by atoms with van der Waals surface area (Å²) in [6.45, 7) is 6.58. The van der Waals surface area contributed by atoms with E-state index in [0.29, 0.717) is 36.2 Å². The second kappa shape index (κ2) is 12.5. The minimum absolute atomic E-state index is 0.00639. The lowest BCUT2D eigenvalue weighted by atomic mass is 9.82. The number of ether oxygens (including phenoxy) is 1. The Morgan fingerprint density at radius 3 is 2.67 bits per heavy atom. The summed E-state index contributed by atoms with van der Waals surface area (Å²) >= 11 is 3.63. The molecule has 2 aromatic heterocycles. The number of aliphatic hydroxyl groups is 1. The molecule has 1 amide bonds. The summed E-state index contributed by atoms with van der Waals surface area (Å²) in [6.07, 6.45) is 4.04. The summed E-state index contributed by atoms with van der Waals surface area (Å²) in [5.41, 5.74) is 1.92. The van der Waals surface area contributed by atoms with Gasteiger partial charge >= 0.3 is 0 Å². The number of fused-ring (bicyclic) bond motifs is 3. The van der Waals surface area contributed by atoms with Gasteiger partial charge in [0, 0.05) is 52.7 Å². The highest BCUT2D eigenvalue weighted by molar-refractivity contribution is 9.10. The largest absolute Gasteiger partial charge is 0.432 e. The average Bonchev–Trinajstić information content (AvgIpc) is 3.70. The molecule has 48 heavy (non-hydrogen) atoms. The third-order valence-corrected chi connectivity index (χ3v) is 12.7. The number of rotatable bonds is 9. The number of nitrogens with zero attached hydrogens (tertiary/aromatic N) is 6. The van der Waals surface area contributed by atoms with Gasteiger partial charge in [-0.1, -0.05) is 58.4 Å². The number of amides is 1. The zero-order valence-electron chi connectivity index (χ0n) is 27.0. The molecule has 1 saturated heterocycles. The van der Waals surface area contributed by atoms with Crippen LogP contribution in [-0.2, 0) is 34.6 Å². The summed E-state index contributed by atoms with van der Waals surface area (Å²) in [7, 11) is -2.85. The first-order chi connectivity index (χ1) is 23.0. The van der Waals surface area contributed by atoms with E-state index in [0.717, 1.165) is 26.7 Å². The molecule has 2 aliphatic heterocycles. The number of anilines is 1. The first-order valence-electron chi connectivity index (χ1n) is 16.1. The molecule has 7 rings (SSSR count). The van der Waals surface area contributed by atoms with Crippen molar-refractivity contribution in [3.63, 3.8) is 0 Å². The number of benzene rings is 3. The maximum absolute atomic E-state index is 14.8. The van der Waals surface area contributed by atoms with Crippen molar-refractivity contribution in [1.29, 1.82) is 0 Å². The lowest BCUT2D eigenvalue weighted by Crippen LogP contribution is -2.46. The van der Waals surface area contributed by atoms with Gasteiger partial charge in [0.1, 0.15) is 0 Å². The van der Waals surface area contributed by atoms with Crippen LogP contribution in [0, 0.1) is 5.92 Å². The smallest absolute Gasteiger partial charge is 0.279 e. The second-order valence-corrected chi connectivity index (χ2v) is 18.2.